The molecule has 13 nitrogen and oxygen atoms in total. The second-order valence-corrected chi connectivity index (χ2v) is 9.28. The summed E-state index contributed by atoms with van der Waals surface area (Å²) in [4.78, 5) is 67.3. The zero-order valence-corrected chi connectivity index (χ0v) is 20.8. The third kappa shape index (κ3) is 10.8. The van der Waals surface area contributed by atoms with Crippen molar-refractivity contribution in [3.8, 4) is 0 Å². The van der Waals surface area contributed by atoms with Gasteiger partial charge in [-0.05, 0) is 30.8 Å². The molecule has 35 heavy (non-hydrogen) atoms. The Morgan fingerprint density at radius 2 is 1.69 bits per heavy atom. The molecule has 1 heterocycles. The molecule has 8 N–H and O–H groups in total. The topological polar surface area (TPSA) is 217 Å². The first-order valence-electron chi connectivity index (χ1n) is 11.0. The Balaban J connectivity index is 2.88. The van der Waals surface area contributed by atoms with Gasteiger partial charge in [-0.3, -0.25) is 19.2 Å². The van der Waals surface area contributed by atoms with Gasteiger partial charge >= 0.3 is 11.9 Å². The van der Waals surface area contributed by atoms with Crippen LogP contribution in [0.5, 0.6) is 0 Å². The van der Waals surface area contributed by atoms with E-state index in [1.165, 1.54) is 24.3 Å². The van der Waals surface area contributed by atoms with Crippen LogP contribution in [0.2, 0.25) is 0 Å². The molecule has 0 spiro atoms. The Kier molecular flexibility index (Phi) is 12.8. The van der Waals surface area contributed by atoms with Gasteiger partial charge in [0.2, 0.25) is 17.7 Å². The van der Waals surface area contributed by atoms with Crippen molar-refractivity contribution >= 4 is 41.4 Å². The maximum Gasteiger partial charge on any atom is 0.326 e. The van der Waals surface area contributed by atoms with E-state index in [0.29, 0.717) is 11.4 Å². The van der Waals surface area contributed by atoms with Crippen LogP contribution in [-0.4, -0.2) is 86.0 Å². The number of aromatic nitrogens is 2. The van der Waals surface area contributed by atoms with Gasteiger partial charge in [-0.25, -0.2) is 9.78 Å². The molecule has 0 radical (unpaired) electrons. The van der Waals surface area contributed by atoms with Gasteiger partial charge in [0.25, 0.3) is 0 Å². The van der Waals surface area contributed by atoms with Crippen molar-refractivity contribution in [2.24, 2.45) is 11.7 Å². The third-order valence-corrected chi connectivity index (χ3v) is 5.73. The number of amides is 3. The second kappa shape index (κ2) is 15.0. The van der Waals surface area contributed by atoms with Crippen LogP contribution in [0.3, 0.4) is 0 Å². The first-order chi connectivity index (χ1) is 16.5. The third-order valence-electron chi connectivity index (χ3n) is 5.08. The lowest BCUT2D eigenvalue weighted by atomic mass is 10.0. The fourth-order valence-electron chi connectivity index (χ4n) is 3.08. The molecule has 4 unspecified atom stereocenters. The molecule has 0 saturated heterocycles. The Labute approximate surface area is 207 Å². The van der Waals surface area contributed by atoms with Gasteiger partial charge in [-0.2, -0.15) is 11.8 Å². The molecular weight excluding hydrogens is 480 g/mol. The number of nitrogens with one attached hydrogen (secondary N) is 4. The largest absolute Gasteiger partial charge is 0.481 e. The lowest BCUT2D eigenvalue weighted by Gasteiger charge is -2.27. The SMILES string of the molecule is CSCCC(NC(=O)C(N)Cc1cnc[nH]1)C(=O)NC(C(=O)NC(CCC(=O)O)C(=O)O)C(C)C. The number of hydrogen-bond donors (Lipinski definition) is 7. The zero-order valence-electron chi connectivity index (χ0n) is 19.9. The number of carbonyl (C=O) groups is 5. The van der Waals surface area contributed by atoms with Crippen molar-refractivity contribution in [3.05, 3.63) is 18.2 Å². The number of aliphatic carboxylic acids is 2. The molecule has 0 saturated carbocycles. The Morgan fingerprint density at radius 3 is 2.20 bits per heavy atom. The molecule has 3 amide bonds. The maximum absolute atomic E-state index is 13.0. The molecule has 0 aromatic carbocycles. The first-order valence-corrected chi connectivity index (χ1v) is 12.4. The summed E-state index contributed by atoms with van der Waals surface area (Å²) in [6, 6.07) is -4.44. The molecule has 1 aromatic rings. The minimum Gasteiger partial charge on any atom is -0.481 e. The van der Waals surface area contributed by atoms with Crippen LogP contribution in [0.1, 0.15) is 38.8 Å². The molecule has 0 aliphatic heterocycles. The van der Waals surface area contributed by atoms with E-state index in [0.717, 1.165) is 0 Å². The van der Waals surface area contributed by atoms with Gasteiger partial charge < -0.3 is 36.9 Å². The number of aromatic amines is 1. The van der Waals surface area contributed by atoms with E-state index >= 15 is 0 Å². The summed E-state index contributed by atoms with van der Waals surface area (Å²) in [7, 11) is 0. The average Bonchev–Trinajstić information content (AvgIpc) is 3.29. The van der Waals surface area contributed by atoms with Gasteiger partial charge in [-0.15, -0.1) is 0 Å². The van der Waals surface area contributed by atoms with Crippen LogP contribution in [0.15, 0.2) is 12.5 Å². The fourth-order valence-corrected chi connectivity index (χ4v) is 3.56. The summed E-state index contributed by atoms with van der Waals surface area (Å²) in [6.45, 7) is 3.32. The Bertz CT molecular complexity index is 864. The monoisotopic (exact) mass is 514 g/mol. The van der Waals surface area contributed by atoms with E-state index in [2.05, 4.69) is 25.9 Å². The molecule has 4 atom stereocenters. The van der Waals surface area contributed by atoms with E-state index in [4.69, 9.17) is 10.8 Å². The lowest BCUT2D eigenvalue weighted by Crippen LogP contribution is -2.58. The number of imidazole rings is 1. The number of carboxylic acid groups (broad SMARTS) is 2. The quantitative estimate of drug-likeness (QED) is 0.144. The standard InChI is InChI=1S/C21H34N6O7S/c1-11(2)17(20(32)26-15(21(33)34)4-5-16(28)29)27-19(31)14(6-7-35-3)25-18(30)13(22)8-12-9-23-10-24-12/h9-11,13-15,17H,4-8,22H2,1-3H3,(H,23,24)(H,25,30)(H,26,32)(H,27,31)(H,28,29)(H,33,34). The van der Waals surface area contributed by atoms with Crippen LogP contribution < -0.4 is 21.7 Å². The summed E-state index contributed by atoms with van der Waals surface area (Å²) in [6.07, 6.45) is 4.55. The summed E-state index contributed by atoms with van der Waals surface area (Å²) in [5, 5.41) is 25.6. The van der Waals surface area contributed by atoms with Gasteiger partial charge in [0.15, 0.2) is 0 Å². The number of rotatable bonds is 16. The summed E-state index contributed by atoms with van der Waals surface area (Å²) in [5.41, 5.74) is 6.62. The van der Waals surface area contributed by atoms with E-state index < -0.39 is 66.2 Å². The van der Waals surface area contributed by atoms with Crippen molar-refractivity contribution in [2.75, 3.05) is 12.0 Å². The van der Waals surface area contributed by atoms with E-state index in [1.807, 2.05) is 6.26 Å². The maximum atomic E-state index is 13.0. The van der Waals surface area contributed by atoms with Gasteiger partial charge in [0.1, 0.15) is 18.1 Å². The highest BCUT2D eigenvalue weighted by atomic mass is 32.2. The van der Waals surface area contributed by atoms with Crippen molar-refractivity contribution in [2.45, 2.75) is 63.7 Å². The minimum atomic E-state index is -1.43. The van der Waals surface area contributed by atoms with Crippen molar-refractivity contribution in [1.29, 1.82) is 0 Å². The second-order valence-electron chi connectivity index (χ2n) is 8.29. The highest BCUT2D eigenvalue weighted by Crippen LogP contribution is 2.08. The molecular formula is C21H34N6O7S. The molecule has 1 rings (SSSR count). The number of nitrogens with two attached hydrogens (primary N) is 1. The Morgan fingerprint density at radius 1 is 1.03 bits per heavy atom. The van der Waals surface area contributed by atoms with E-state index in [9.17, 15) is 29.1 Å². The molecule has 1 aromatic heterocycles. The van der Waals surface area contributed by atoms with Crippen molar-refractivity contribution in [1.82, 2.24) is 25.9 Å². The van der Waals surface area contributed by atoms with E-state index in [1.54, 1.807) is 13.8 Å². The van der Waals surface area contributed by atoms with Gasteiger partial charge in [0.05, 0.1) is 12.4 Å². The molecule has 0 aliphatic rings. The molecule has 196 valence electrons. The van der Waals surface area contributed by atoms with Crippen LogP contribution in [0.25, 0.3) is 0 Å². The van der Waals surface area contributed by atoms with Crippen molar-refractivity contribution < 1.29 is 34.2 Å². The van der Waals surface area contributed by atoms with Crippen LogP contribution in [-0.2, 0) is 30.4 Å². The molecule has 0 fully saturated rings. The fraction of sp³-hybridized carbons (Fsp3) is 0.619. The predicted octanol–water partition coefficient (Wildman–Crippen LogP) is -0.908. The number of hydrogen-bond acceptors (Lipinski definition) is 8. The number of thioether (sulfide) groups is 1. The smallest absolute Gasteiger partial charge is 0.326 e. The van der Waals surface area contributed by atoms with Crippen LogP contribution in [0, 0.1) is 5.92 Å². The van der Waals surface area contributed by atoms with Crippen LogP contribution in [0.4, 0.5) is 0 Å². The zero-order chi connectivity index (χ0) is 26.5. The normalized spacial score (nSPS) is 14.4. The van der Waals surface area contributed by atoms with Gasteiger partial charge in [-0.1, -0.05) is 13.8 Å². The predicted molar refractivity (Wildman–Crippen MR) is 128 cm³/mol. The van der Waals surface area contributed by atoms with Crippen LogP contribution >= 0.6 is 11.8 Å². The lowest BCUT2D eigenvalue weighted by molar-refractivity contribution is -0.143. The van der Waals surface area contributed by atoms with E-state index in [-0.39, 0.29) is 19.3 Å². The summed E-state index contributed by atoms with van der Waals surface area (Å²) in [5.74, 6) is -4.40. The number of carboxylic acids is 2. The van der Waals surface area contributed by atoms with Gasteiger partial charge in [0, 0.05) is 24.7 Å². The number of nitrogens with zero attached hydrogens (tertiary/aromatic N) is 1. The summed E-state index contributed by atoms with van der Waals surface area (Å²) < 4.78 is 0. The first kappa shape index (κ1) is 29.9. The number of H-pyrrole nitrogens is 1. The molecule has 0 aliphatic carbocycles. The summed E-state index contributed by atoms with van der Waals surface area (Å²) >= 11 is 1.47. The average molecular weight is 515 g/mol. The Hall–Kier alpha value is -3.13. The van der Waals surface area contributed by atoms with Crippen molar-refractivity contribution in [3.63, 3.8) is 0 Å². The highest BCUT2D eigenvalue weighted by Gasteiger charge is 2.32. The molecule has 14 heteroatoms. The minimum absolute atomic E-state index is 0.187. The number of carbonyl (C=O) groups excluding carboxylic acids is 3. The molecule has 0 bridgehead atoms. The highest BCUT2D eigenvalue weighted by molar-refractivity contribution is 7.98.